The van der Waals surface area contributed by atoms with Gasteiger partial charge in [0, 0.05) is 17.4 Å². The number of carbonyl (C=O) groups excluding carboxylic acids is 1. The lowest BCUT2D eigenvalue weighted by Crippen LogP contribution is -1.98. The minimum atomic E-state index is -3.34. The van der Waals surface area contributed by atoms with Crippen LogP contribution in [0.4, 0.5) is 0 Å². The van der Waals surface area contributed by atoms with E-state index in [0.29, 0.717) is 28.2 Å². The maximum absolute atomic E-state index is 12.9. The zero-order chi connectivity index (χ0) is 22.0. The van der Waals surface area contributed by atoms with Gasteiger partial charge in [0.2, 0.25) is 0 Å². The highest BCUT2D eigenvalue weighted by Gasteiger charge is 2.32. The Balaban J connectivity index is 1.93. The van der Waals surface area contributed by atoms with E-state index < -0.39 is 15.8 Å². The van der Waals surface area contributed by atoms with Gasteiger partial charge in [0.15, 0.2) is 9.84 Å². The van der Waals surface area contributed by atoms with E-state index in [4.69, 9.17) is 9.47 Å². The lowest BCUT2D eigenvalue weighted by Gasteiger charge is -2.09. The molecule has 156 valence electrons. The number of cyclic esters (lactones) is 1. The Hall–Kier alpha value is -3.64. The minimum Gasteiger partial charge on any atom is -0.496 e. The molecule has 0 atom stereocenters. The molecule has 0 aliphatic carbocycles. The molecule has 0 saturated carbocycles. The van der Waals surface area contributed by atoms with Crippen LogP contribution >= 0.6 is 0 Å². The molecular formula is C25H20O5S. The topological polar surface area (TPSA) is 69.7 Å². The van der Waals surface area contributed by atoms with Gasteiger partial charge in [-0.05, 0) is 35.4 Å². The summed E-state index contributed by atoms with van der Waals surface area (Å²) in [5.74, 6) is 0.556. The van der Waals surface area contributed by atoms with Crippen molar-refractivity contribution < 1.29 is 22.7 Å². The van der Waals surface area contributed by atoms with Crippen LogP contribution in [0.5, 0.6) is 5.75 Å². The molecule has 31 heavy (non-hydrogen) atoms. The second-order valence-electron chi connectivity index (χ2n) is 7.05. The Bertz CT molecular complexity index is 1300. The number of para-hydroxylation sites is 1. The van der Waals surface area contributed by atoms with Gasteiger partial charge >= 0.3 is 5.97 Å². The molecule has 0 fully saturated rings. The number of hydrogen-bond donors (Lipinski definition) is 0. The average molecular weight is 432 g/mol. The molecule has 0 spiro atoms. The summed E-state index contributed by atoms with van der Waals surface area (Å²) >= 11 is 0. The van der Waals surface area contributed by atoms with Crippen LogP contribution in [0.25, 0.3) is 17.2 Å². The number of benzene rings is 3. The van der Waals surface area contributed by atoms with Crippen LogP contribution in [-0.4, -0.2) is 27.8 Å². The van der Waals surface area contributed by atoms with Gasteiger partial charge in [-0.15, -0.1) is 0 Å². The summed E-state index contributed by atoms with van der Waals surface area (Å²) in [6, 6.07) is 23.1. The molecule has 0 amide bonds. The number of esters is 1. The van der Waals surface area contributed by atoms with Crippen molar-refractivity contribution in [3.8, 4) is 5.75 Å². The summed E-state index contributed by atoms with van der Waals surface area (Å²) < 4.78 is 34.8. The molecule has 0 N–H and O–H groups in total. The number of sulfone groups is 1. The third-order valence-electron chi connectivity index (χ3n) is 4.96. The summed E-state index contributed by atoms with van der Waals surface area (Å²) in [5.41, 5.74) is 3.18. The average Bonchev–Trinajstić information content (AvgIpc) is 3.09. The summed E-state index contributed by atoms with van der Waals surface area (Å²) in [5, 5.41) is 0. The molecule has 3 aromatic rings. The van der Waals surface area contributed by atoms with Crippen molar-refractivity contribution in [3.63, 3.8) is 0 Å². The number of rotatable bonds is 5. The summed E-state index contributed by atoms with van der Waals surface area (Å²) in [6.45, 7) is 0. The second-order valence-corrected chi connectivity index (χ2v) is 9.07. The Morgan fingerprint density at radius 2 is 1.42 bits per heavy atom. The van der Waals surface area contributed by atoms with Crippen molar-refractivity contribution in [1.82, 2.24) is 0 Å². The van der Waals surface area contributed by atoms with E-state index in [-0.39, 0.29) is 4.90 Å². The molecule has 0 radical (unpaired) electrons. The number of ether oxygens (including phenoxy) is 2. The zero-order valence-corrected chi connectivity index (χ0v) is 17.8. The van der Waals surface area contributed by atoms with Crippen molar-refractivity contribution in [3.05, 3.63) is 101 Å². The number of methoxy groups -OCH3 is 1. The smallest absolute Gasteiger partial charge is 0.344 e. The van der Waals surface area contributed by atoms with Gasteiger partial charge in [-0.25, -0.2) is 13.2 Å². The van der Waals surface area contributed by atoms with Gasteiger partial charge in [0.25, 0.3) is 0 Å². The first-order valence-electron chi connectivity index (χ1n) is 9.56. The highest BCUT2D eigenvalue weighted by Crippen LogP contribution is 2.41. The standard InChI is InChI=1S/C25H20O5S/c1-29-21-11-7-6-10-19(21)16-22-23(18-12-14-20(15-13-18)31(2,27)28)24(25(26)30-22)17-8-4-3-5-9-17/h3-16H,1-2H3/b22-16-. The fourth-order valence-corrected chi connectivity index (χ4v) is 4.11. The van der Waals surface area contributed by atoms with Gasteiger partial charge in [-0.2, -0.15) is 0 Å². The van der Waals surface area contributed by atoms with Crippen LogP contribution in [0.2, 0.25) is 0 Å². The van der Waals surface area contributed by atoms with E-state index in [2.05, 4.69) is 0 Å². The Kier molecular flexibility index (Phi) is 5.48. The largest absolute Gasteiger partial charge is 0.496 e. The van der Waals surface area contributed by atoms with E-state index in [1.165, 1.54) is 12.1 Å². The predicted octanol–water partition coefficient (Wildman–Crippen LogP) is 4.61. The quantitative estimate of drug-likeness (QED) is 0.551. The maximum atomic E-state index is 12.9. The van der Waals surface area contributed by atoms with E-state index in [0.717, 1.165) is 17.4 Å². The van der Waals surface area contributed by atoms with Gasteiger partial charge in [0.05, 0.1) is 17.6 Å². The summed E-state index contributed by atoms with van der Waals surface area (Å²) in [7, 11) is -1.76. The lowest BCUT2D eigenvalue weighted by atomic mass is 9.94. The summed E-state index contributed by atoms with van der Waals surface area (Å²) in [6.07, 6.45) is 2.92. The molecule has 1 aliphatic heterocycles. The lowest BCUT2D eigenvalue weighted by molar-refractivity contribution is -0.131. The Labute approximate surface area is 181 Å². The van der Waals surface area contributed by atoms with Crippen LogP contribution in [-0.2, 0) is 19.4 Å². The normalized spacial score (nSPS) is 15.3. The molecule has 0 bridgehead atoms. The van der Waals surface area contributed by atoms with Crippen LogP contribution < -0.4 is 4.74 Å². The molecule has 4 rings (SSSR count). The molecule has 0 saturated heterocycles. The first kappa shape index (κ1) is 20.6. The van der Waals surface area contributed by atoms with Gasteiger partial charge < -0.3 is 9.47 Å². The molecular weight excluding hydrogens is 412 g/mol. The van der Waals surface area contributed by atoms with Crippen molar-refractivity contribution in [1.29, 1.82) is 0 Å². The number of hydrogen-bond acceptors (Lipinski definition) is 5. The SMILES string of the molecule is COc1ccccc1/C=C1\OC(=O)C(c2ccccc2)=C1c1ccc(S(C)(=O)=O)cc1. The minimum absolute atomic E-state index is 0.207. The van der Waals surface area contributed by atoms with E-state index in [9.17, 15) is 13.2 Å². The van der Waals surface area contributed by atoms with Crippen molar-refractivity contribution >= 4 is 33.0 Å². The third kappa shape index (κ3) is 4.15. The Morgan fingerprint density at radius 1 is 0.806 bits per heavy atom. The summed E-state index contributed by atoms with van der Waals surface area (Å²) in [4.78, 5) is 13.1. The molecule has 0 aromatic heterocycles. The molecule has 0 unspecified atom stereocenters. The van der Waals surface area contributed by atoms with Gasteiger partial charge in [-0.1, -0.05) is 60.7 Å². The van der Waals surface area contributed by atoms with Gasteiger partial charge in [0.1, 0.15) is 11.5 Å². The molecule has 1 heterocycles. The fourth-order valence-electron chi connectivity index (χ4n) is 3.48. The third-order valence-corrected chi connectivity index (χ3v) is 6.09. The highest BCUT2D eigenvalue weighted by atomic mass is 32.2. The zero-order valence-electron chi connectivity index (χ0n) is 17.0. The predicted molar refractivity (Wildman–Crippen MR) is 120 cm³/mol. The second kappa shape index (κ2) is 8.24. The van der Waals surface area contributed by atoms with Crippen molar-refractivity contribution in [2.24, 2.45) is 0 Å². The van der Waals surface area contributed by atoms with E-state index >= 15 is 0 Å². The maximum Gasteiger partial charge on any atom is 0.344 e. The monoisotopic (exact) mass is 432 g/mol. The van der Waals surface area contributed by atoms with Crippen LogP contribution in [0.1, 0.15) is 16.7 Å². The molecule has 5 nitrogen and oxygen atoms in total. The van der Waals surface area contributed by atoms with Crippen molar-refractivity contribution in [2.75, 3.05) is 13.4 Å². The fraction of sp³-hybridized carbons (Fsp3) is 0.0800. The number of carbonyl (C=O) groups is 1. The van der Waals surface area contributed by atoms with Crippen LogP contribution in [0.15, 0.2) is 89.5 Å². The first-order valence-corrected chi connectivity index (χ1v) is 11.4. The molecule has 3 aromatic carbocycles. The highest BCUT2D eigenvalue weighted by molar-refractivity contribution is 7.90. The van der Waals surface area contributed by atoms with Crippen LogP contribution in [0, 0.1) is 0 Å². The molecule has 1 aliphatic rings. The van der Waals surface area contributed by atoms with E-state index in [1.54, 1.807) is 25.3 Å². The van der Waals surface area contributed by atoms with Crippen molar-refractivity contribution in [2.45, 2.75) is 4.90 Å². The van der Waals surface area contributed by atoms with Gasteiger partial charge in [-0.3, -0.25) is 0 Å². The first-order chi connectivity index (χ1) is 14.9. The number of allylic oxidation sites excluding steroid dienone is 1. The Morgan fingerprint density at radius 3 is 2.06 bits per heavy atom. The van der Waals surface area contributed by atoms with E-state index in [1.807, 2.05) is 54.6 Å². The molecule has 6 heteroatoms. The van der Waals surface area contributed by atoms with Crippen LogP contribution in [0.3, 0.4) is 0 Å².